The molecule has 3 aliphatic rings. The molecule has 0 aromatic rings. The fourth-order valence-electron chi connectivity index (χ4n) is 4.55. The molecule has 0 spiro atoms. The van der Waals surface area contributed by atoms with Crippen molar-refractivity contribution < 1.29 is 4.79 Å². The van der Waals surface area contributed by atoms with Crippen LogP contribution in [0.25, 0.3) is 0 Å². The van der Waals surface area contributed by atoms with Crippen LogP contribution in [-0.2, 0) is 4.79 Å². The summed E-state index contributed by atoms with van der Waals surface area (Å²) in [5.74, 6) is 2.63. The zero-order valence-corrected chi connectivity index (χ0v) is 12.4. The smallest absolute Gasteiger partial charge is 0.152 e. The molecule has 0 radical (unpaired) electrons. The van der Waals surface area contributed by atoms with Crippen LogP contribution in [-0.4, -0.2) is 17.9 Å². The SMILES string of the molecule is CC1CCC(C(=O)C2CCC3CCCCC3N2)CC1. The highest BCUT2D eigenvalue weighted by Crippen LogP contribution is 2.35. The van der Waals surface area contributed by atoms with E-state index >= 15 is 0 Å². The van der Waals surface area contributed by atoms with Gasteiger partial charge in [0.1, 0.15) is 0 Å². The third kappa shape index (κ3) is 3.04. The largest absolute Gasteiger partial charge is 0.304 e. The van der Waals surface area contributed by atoms with E-state index < -0.39 is 0 Å². The monoisotopic (exact) mass is 263 g/mol. The molecule has 3 unspecified atom stereocenters. The molecule has 1 saturated heterocycles. The minimum Gasteiger partial charge on any atom is -0.304 e. The number of rotatable bonds is 2. The van der Waals surface area contributed by atoms with Gasteiger partial charge in [-0.15, -0.1) is 0 Å². The molecule has 3 rings (SSSR count). The number of nitrogens with one attached hydrogen (secondary N) is 1. The number of hydrogen-bond acceptors (Lipinski definition) is 2. The first kappa shape index (κ1) is 13.6. The summed E-state index contributed by atoms with van der Waals surface area (Å²) in [6.45, 7) is 2.33. The van der Waals surface area contributed by atoms with Gasteiger partial charge in [0.25, 0.3) is 0 Å². The first-order valence-corrected chi connectivity index (χ1v) is 8.54. The van der Waals surface area contributed by atoms with Crippen LogP contribution in [0, 0.1) is 17.8 Å². The number of carbonyl (C=O) groups excluding carboxylic acids is 1. The summed E-state index contributed by atoms with van der Waals surface area (Å²) in [6, 6.07) is 0.844. The van der Waals surface area contributed by atoms with Crippen molar-refractivity contribution in [3.8, 4) is 0 Å². The van der Waals surface area contributed by atoms with Gasteiger partial charge in [-0.25, -0.2) is 0 Å². The summed E-state index contributed by atoms with van der Waals surface area (Å²) < 4.78 is 0. The second kappa shape index (κ2) is 5.95. The molecular formula is C17H29NO. The average Bonchev–Trinajstić information content (AvgIpc) is 2.47. The lowest BCUT2D eigenvalue weighted by Gasteiger charge is -2.41. The molecular weight excluding hydrogens is 234 g/mol. The fourth-order valence-corrected chi connectivity index (χ4v) is 4.55. The topological polar surface area (TPSA) is 29.1 Å². The van der Waals surface area contributed by atoms with Crippen LogP contribution in [0.5, 0.6) is 0 Å². The second-order valence-corrected chi connectivity index (χ2v) is 7.31. The Kier molecular flexibility index (Phi) is 4.26. The molecule has 108 valence electrons. The van der Waals surface area contributed by atoms with Gasteiger partial charge in [-0.3, -0.25) is 4.79 Å². The Balaban J connectivity index is 1.55. The van der Waals surface area contributed by atoms with Crippen LogP contribution < -0.4 is 5.32 Å². The van der Waals surface area contributed by atoms with Crippen LogP contribution in [0.4, 0.5) is 0 Å². The van der Waals surface area contributed by atoms with Gasteiger partial charge in [0.05, 0.1) is 6.04 Å². The first-order chi connectivity index (χ1) is 9.24. The molecule has 1 aliphatic heterocycles. The maximum atomic E-state index is 12.7. The van der Waals surface area contributed by atoms with Crippen molar-refractivity contribution in [2.24, 2.45) is 17.8 Å². The summed E-state index contributed by atoms with van der Waals surface area (Å²) in [7, 11) is 0. The normalized spacial score (nSPS) is 43.5. The number of fused-ring (bicyclic) bond motifs is 1. The van der Waals surface area contributed by atoms with Crippen molar-refractivity contribution in [2.45, 2.75) is 83.2 Å². The van der Waals surface area contributed by atoms with Crippen LogP contribution in [0.15, 0.2) is 0 Å². The highest BCUT2D eigenvalue weighted by molar-refractivity contribution is 5.86. The molecule has 0 aromatic heterocycles. The minimum atomic E-state index is 0.192. The van der Waals surface area contributed by atoms with E-state index in [-0.39, 0.29) is 6.04 Å². The Morgan fingerprint density at radius 3 is 2.42 bits per heavy atom. The molecule has 3 atom stereocenters. The number of ketones is 1. The van der Waals surface area contributed by atoms with Gasteiger partial charge < -0.3 is 5.32 Å². The Bertz CT molecular complexity index is 319. The molecule has 1 N–H and O–H groups in total. The molecule has 19 heavy (non-hydrogen) atoms. The molecule has 2 aliphatic carbocycles. The molecule has 1 heterocycles. The fraction of sp³-hybridized carbons (Fsp3) is 0.941. The predicted octanol–water partition coefficient (Wildman–Crippen LogP) is 3.69. The number of piperidine rings is 1. The van der Waals surface area contributed by atoms with E-state index in [0.29, 0.717) is 17.7 Å². The van der Waals surface area contributed by atoms with Gasteiger partial charge in [0.15, 0.2) is 5.78 Å². The Morgan fingerprint density at radius 1 is 0.895 bits per heavy atom. The Morgan fingerprint density at radius 2 is 1.63 bits per heavy atom. The summed E-state index contributed by atoms with van der Waals surface area (Å²) in [6.07, 6.45) is 12.7. The maximum Gasteiger partial charge on any atom is 0.152 e. The van der Waals surface area contributed by atoms with Gasteiger partial charge >= 0.3 is 0 Å². The van der Waals surface area contributed by atoms with Gasteiger partial charge in [-0.1, -0.05) is 32.6 Å². The third-order valence-corrected chi connectivity index (χ3v) is 5.91. The van der Waals surface area contributed by atoms with E-state index in [9.17, 15) is 4.79 Å². The van der Waals surface area contributed by atoms with E-state index in [0.717, 1.165) is 31.1 Å². The van der Waals surface area contributed by atoms with Crippen molar-refractivity contribution in [1.29, 1.82) is 0 Å². The zero-order valence-electron chi connectivity index (χ0n) is 12.4. The molecule has 2 heteroatoms. The van der Waals surface area contributed by atoms with Crippen LogP contribution in [0.2, 0.25) is 0 Å². The quantitative estimate of drug-likeness (QED) is 0.823. The van der Waals surface area contributed by atoms with Crippen LogP contribution in [0.1, 0.15) is 71.1 Å². The lowest BCUT2D eigenvalue weighted by atomic mass is 9.74. The van der Waals surface area contributed by atoms with Crippen molar-refractivity contribution in [3.05, 3.63) is 0 Å². The van der Waals surface area contributed by atoms with Gasteiger partial charge in [0, 0.05) is 12.0 Å². The van der Waals surface area contributed by atoms with Gasteiger partial charge in [0.2, 0.25) is 0 Å². The summed E-state index contributed by atoms with van der Waals surface area (Å²) in [5, 5.41) is 3.71. The molecule has 0 bridgehead atoms. The predicted molar refractivity (Wildman–Crippen MR) is 78.0 cm³/mol. The third-order valence-electron chi connectivity index (χ3n) is 5.91. The van der Waals surface area contributed by atoms with E-state index in [2.05, 4.69) is 12.2 Å². The van der Waals surface area contributed by atoms with Crippen LogP contribution in [0.3, 0.4) is 0 Å². The maximum absolute atomic E-state index is 12.7. The first-order valence-electron chi connectivity index (χ1n) is 8.54. The van der Waals surface area contributed by atoms with Gasteiger partial charge in [-0.05, 0) is 50.4 Å². The number of hydrogen-bond donors (Lipinski definition) is 1. The molecule has 0 amide bonds. The average molecular weight is 263 g/mol. The second-order valence-electron chi connectivity index (χ2n) is 7.31. The highest BCUT2D eigenvalue weighted by Gasteiger charge is 2.37. The molecule has 0 aromatic carbocycles. The van der Waals surface area contributed by atoms with Crippen molar-refractivity contribution in [2.75, 3.05) is 0 Å². The van der Waals surface area contributed by atoms with E-state index in [1.807, 2.05) is 0 Å². The number of carbonyl (C=O) groups is 1. The highest BCUT2D eigenvalue weighted by atomic mass is 16.1. The van der Waals surface area contributed by atoms with Crippen molar-refractivity contribution in [3.63, 3.8) is 0 Å². The summed E-state index contributed by atoms with van der Waals surface area (Å²) in [5.41, 5.74) is 0. The lowest BCUT2D eigenvalue weighted by Crippen LogP contribution is -2.53. The van der Waals surface area contributed by atoms with Crippen molar-refractivity contribution >= 4 is 5.78 Å². The minimum absolute atomic E-state index is 0.192. The van der Waals surface area contributed by atoms with Crippen molar-refractivity contribution in [1.82, 2.24) is 5.32 Å². The Labute approximate surface area is 117 Å². The zero-order chi connectivity index (χ0) is 13.2. The molecule has 2 nitrogen and oxygen atoms in total. The van der Waals surface area contributed by atoms with Gasteiger partial charge in [-0.2, -0.15) is 0 Å². The van der Waals surface area contributed by atoms with E-state index in [1.165, 1.54) is 44.9 Å². The van der Waals surface area contributed by atoms with Crippen LogP contribution >= 0.6 is 0 Å². The summed E-state index contributed by atoms with van der Waals surface area (Å²) in [4.78, 5) is 12.7. The molecule has 3 fully saturated rings. The molecule has 2 saturated carbocycles. The lowest BCUT2D eigenvalue weighted by molar-refractivity contribution is -0.127. The standard InChI is InChI=1S/C17H29NO/c1-12-6-8-14(9-7-12)17(19)16-11-10-13-4-2-3-5-15(13)18-16/h12-16,18H,2-11H2,1H3. The number of Topliss-reactive ketones (excluding diaryl/α,β-unsaturated/α-hetero) is 1. The summed E-state index contributed by atoms with van der Waals surface area (Å²) >= 11 is 0. The Hall–Kier alpha value is -0.370. The van der Waals surface area contributed by atoms with E-state index in [1.54, 1.807) is 0 Å². The van der Waals surface area contributed by atoms with E-state index in [4.69, 9.17) is 0 Å².